The molecule has 20 heavy (non-hydrogen) atoms. The Balaban J connectivity index is 2.98. The number of hydrogen-bond donors (Lipinski definition) is 1. The average Bonchev–Trinajstić information content (AvgIpc) is 2.42. The summed E-state index contributed by atoms with van der Waals surface area (Å²) in [5, 5.41) is 0. The first-order chi connectivity index (χ1) is 9.52. The van der Waals surface area contributed by atoms with Crippen LogP contribution in [0.1, 0.15) is 53.4 Å². The lowest BCUT2D eigenvalue weighted by Gasteiger charge is -2.52. The van der Waals surface area contributed by atoms with Crippen LogP contribution in [0.15, 0.2) is 0 Å². The average molecular weight is 286 g/mol. The third-order valence-corrected chi connectivity index (χ3v) is 4.71. The molecule has 0 spiro atoms. The maximum Gasteiger partial charge on any atom is 0.0590 e. The van der Waals surface area contributed by atoms with Gasteiger partial charge in [0.15, 0.2) is 0 Å². The second-order valence-electron chi connectivity index (χ2n) is 6.25. The smallest absolute Gasteiger partial charge is 0.0590 e. The van der Waals surface area contributed by atoms with Gasteiger partial charge in [-0.1, -0.05) is 13.8 Å². The van der Waals surface area contributed by atoms with E-state index < -0.39 is 0 Å². The van der Waals surface area contributed by atoms with E-state index >= 15 is 0 Å². The van der Waals surface area contributed by atoms with E-state index in [9.17, 15) is 0 Å². The van der Waals surface area contributed by atoms with Gasteiger partial charge in [0.25, 0.3) is 0 Å². The highest BCUT2D eigenvalue weighted by atomic mass is 16.5. The Morgan fingerprint density at radius 1 is 1.25 bits per heavy atom. The molecule has 2 atom stereocenters. The van der Waals surface area contributed by atoms with Crippen molar-refractivity contribution in [1.82, 2.24) is 4.90 Å². The van der Waals surface area contributed by atoms with Gasteiger partial charge in [0, 0.05) is 31.8 Å². The van der Waals surface area contributed by atoms with Gasteiger partial charge in [0.05, 0.1) is 18.8 Å². The Morgan fingerprint density at radius 3 is 2.20 bits per heavy atom. The molecule has 0 aromatic heterocycles. The number of rotatable bonds is 8. The minimum Gasteiger partial charge on any atom is -0.383 e. The van der Waals surface area contributed by atoms with Crippen molar-refractivity contribution < 1.29 is 9.47 Å². The van der Waals surface area contributed by atoms with Crippen molar-refractivity contribution in [3.8, 4) is 0 Å². The van der Waals surface area contributed by atoms with Gasteiger partial charge >= 0.3 is 0 Å². The van der Waals surface area contributed by atoms with Gasteiger partial charge in [-0.05, 0) is 39.5 Å². The molecule has 1 heterocycles. The van der Waals surface area contributed by atoms with Crippen molar-refractivity contribution in [2.24, 2.45) is 5.73 Å². The Morgan fingerprint density at radius 2 is 1.80 bits per heavy atom. The van der Waals surface area contributed by atoms with Crippen molar-refractivity contribution in [2.75, 3.05) is 26.8 Å². The van der Waals surface area contributed by atoms with Crippen LogP contribution in [0, 0.1) is 0 Å². The van der Waals surface area contributed by atoms with Crippen molar-refractivity contribution in [2.45, 2.75) is 77.2 Å². The fourth-order valence-electron chi connectivity index (χ4n) is 3.89. The molecule has 2 unspecified atom stereocenters. The quantitative estimate of drug-likeness (QED) is 0.744. The Hall–Kier alpha value is -0.160. The van der Waals surface area contributed by atoms with Gasteiger partial charge in [-0.3, -0.25) is 4.90 Å². The van der Waals surface area contributed by atoms with E-state index in [4.69, 9.17) is 15.2 Å². The second kappa shape index (κ2) is 8.32. The summed E-state index contributed by atoms with van der Waals surface area (Å²) in [7, 11) is 1.77. The molecule has 0 saturated carbocycles. The number of nitrogens with two attached hydrogens (primary N) is 1. The molecule has 1 rings (SSSR count). The van der Waals surface area contributed by atoms with Crippen molar-refractivity contribution in [3.63, 3.8) is 0 Å². The zero-order valence-corrected chi connectivity index (χ0v) is 14.0. The molecule has 0 bridgehead atoms. The van der Waals surface area contributed by atoms with Crippen LogP contribution in [0.3, 0.4) is 0 Å². The molecule has 1 aliphatic rings. The molecule has 4 nitrogen and oxygen atoms in total. The summed E-state index contributed by atoms with van der Waals surface area (Å²) in [6.45, 7) is 11.3. The SMILES string of the molecule is CCC(CC)N(CCOC)C1(CN)CC(C)OC(C)C1. The Bertz CT molecular complexity index is 259. The summed E-state index contributed by atoms with van der Waals surface area (Å²) in [6, 6.07) is 0.575. The first-order valence-corrected chi connectivity index (χ1v) is 8.14. The highest BCUT2D eigenvalue weighted by Gasteiger charge is 2.43. The summed E-state index contributed by atoms with van der Waals surface area (Å²) >= 11 is 0. The van der Waals surface area contributed by atoms with Gasteiger partial charge in [0.2, 0.25) is 0 Å². The summed E-state index contributed by atoms with van der Waals surface area (Å²) in [6.07, 6.45) is 4.92. The van der Waals surface area contributed by atoms with E-state index in [1.165, 1.54) is 0 Å². The fraction of sp³-hybridized carbons (Fsp3) is 1.00. The molecule has 0 aromatic rings. The van der Waals surface area contributed by atoms with Crippen molar-refractivity contribution >= 4 is 0 Å². The number of ether oxygens (including phenoxy) is 2. The Kier molecular flexibility index (Phi) is 7.45. The molecule has 1 fully saturated rings. The molecule has 4 heteroatoms. The summed E-state index contributed by atoms with van der Waals surface area (Å²) in [5.74, 6) is 0. The summed E-state index contributed by atoms with van der Waals surface area (Å²) in [4.78, 5) is 2.62. The van der Waals surface area contributed by atoms with E-state index in [-0.39, 0.29) is 17.7 Å². The normalized spacial score (nSPS) is 31.2. The first-order valence-electron chi connectivity index (χ1n) is 8.14. The van der Waals surface area contributed by atoms with E-state index in [1.807, 2.05) is 0 Å². The summed E-state index contributed by atoms with van der Waals surface area (Å²) < 4.78 is 11.3. The molecular formula is C16H34N2O2. The van der Waals surface area contributed by atoms with Crippen LogP contribution in [0.25, 0.3) is 0 Å². The lowest BCUT2D eigenvalue weighted by molar-refractivity contribution is -0.117. The van der Waals surface area contributed by atoms with Crippen LogP contribution in [0.5, 0.6) is 0 Å². The standard InChI is InChI=1S/C16H34N2O2/c1-6-15(7-2)18(8-9-19-5)16(12-17)10-13(3)20-14(4)11-16/h13-15H,6-12,17H2,1-5H3. The molecule has 0 aromatic carbocycles. The van der Waals surface area contributed by atoms with Crippen molar-refractivity contribution in [1.29, 1.82) is 0 Å². The van der Waals surface area contributed by atoms with Gasteiger partial charge < -0.3 is 15.2 Å². The molecular weight excluding hydrogens is 252 g/mol. The lowest BCUT2D eigenvalue weighted by Crippen LogP contribution is -2.63. The highest BCUT2D eigenvalue weighted by Crippen LogP contribution is 2.35. The molecule has 1 aliphatic heterocycles. The molecule has 0 aliphatic carbocycles. The monoisotopic (exact) mass is 286 g/mol. The van der Waals surface area contributed by atoms with E-state index in [2.05, 4.69) is 32.6 Å². The zero-order chi connectivity index (χ0) is 15.2. The maximum absolute atomic E-state index is 6.24. The molecule has 0 radical (unpaired) electrons. The predicted octanol–water partition coefficient (Wildman–Crippen LogP) is 2.41. The third-order valence-electron chi connectivity index (χ3n) is 4.71. The number of methoxy groups -OCH3 is 1. The van der Waals surface area contributed by atoms with Crippen LogP contribution < -0.4 is 5.73 Å². The lowest BCUT2D eigenvalue weighted by atomic mass is 9.81. The van der Waals surface area contributed by atoms with Crippen LogP contribution in [-0.4, -0.2) is 55.5 Å². The van der Waals surface area contributed by atoms with E-state index in [1.54, 1.807) is 7.11 Å². The topological polar surface area (TPSA) is 47.7 Å². The van der Waals surface area contributed by atoms with Crippen molar-refractivity contribution in [3.05, 3.63) is 0 Å². The summed E-state index contributed by atoms with van der Waals surface area (Å²) in [5.41, 5.74) is 6.31. The van der Waals surface area contributed by atoms with Gasteiger partial charge in [-0.15, -0.1) is 0 Å². The van der Waals surface area contributed by atoms with Gasteiger partial charge in [0.1, 0.15) is 0 Å². The minimum atomic E-state index is 0.0618. The number of nitrogens with zero attached hydrogens (tertiary/aromatic N) is 1. The van der Waals surface area contributed by atoms with E-state index in [0.29, 0.717) is 12.6 Å². The predicted molar refractivity (Wildman–Crippen MR) is 84.0 cm³/mol. The number of hydrogen-bond acceptors (Lipinski definition) is 4. The minimum absolute atomic E-state index is 0.0618. The van der Waals surface area contributed by atoms with Crippen LogP contribution in [0.4, 0.5) is 0 Å². The highest BCUT2D eigenvalue weighted by molar-refractivity contribution is 4.99. The molecule has 2 N–H and O–H groups in total. The molecule has 1 saturated heterocycles. The van der Waals surface area contributed by atoms with Gasteiger partial charge in [-0.25, -0.2) is 0 Å². The maximum atomic E-state index is 6.24. The van der Waals surface area contributed by atoms with E-state index in [0.717, 1.165) is 38.8 Å². The molecule has 120 valence electrons. The second-order valence-corrected chi connectivity index (χ2v) is 6.25. The fourth-order valence-corrected chi connectivity index (χ4v) is 3.89. The van der Waals surface area contributed by atoms with Crippen LogP contribution >= 0.6 is 0 Å². The first kappa shape index (κ1) is 17.9. The zero-order valence-electron chi connectivity index (χ0n) is 14.0. The largest absolute Gasteiger partial charge is 0.383 e. The van der Waals surface area contributed by atoms with Crippen LogP contribution in [-0.2, 0) is 9.47 Å². The third kappa shape index (κ3) is 4.17. The van der Waals surface area contributed by atoms with Gasteiger partial charge in [-0.2, -0.15) is 0 Å². The van der Waals surface area contributed by atoms with Crippen LogP contribution in [0.2, 0.25) is 0 Å². The Labute approximate surface area is 125 Å². The molecule has 0 amide bonds.